The Morgan fingerprint density at radius 1 is 1.12 bits per heavy atom. The fourth-order valence-corrected chi connectivity index (χ4v) is 4.00. The standard InChI is InChI=1S/C25H23N5O3/c1-14(2)23(28-25(32)24-15(3)16-8-4-5-10-20(16)33-24)19-13-22(31)30-21(27-19)12-18(29-30)17-9-6-7-11-26-17/h4-14,23,29H,1-3H3,(H,28,32). The van der Waals surface area contributed by atoms with Crippen molar-refractivity contribution in [1.29, 1.82) is 0 Å². The summed E-state index contributed by atoms with van der Waals surface area (Å²) in [4.78, 5) is 35.0. The number of nitrogens with one attached hydrogen (secondary N) is 2. The predicted octanol–water partition coefficient (Wildman–Crippen LogP) is 4.27. The van der Waals surface area contributed by atoms with Crippen LogP contribution >= 0.6 is 0 Å². The van der Waals surface area contributed by atoms with Crippen molar-refractivity contribution in [3.05, 3.63) is 88.2 Å². The molecule has 0 aliphatic rings. The first-order valence-electron chi connectivity index (χ1n) is 10.8. The highest BCUT2D eigenvalue weighted by Crippen LogP contribution is 2.27. The fourth-order valence-electron chi connectivity index (χ4n) is 4.00. The Morgan fingerprint density at radius 2 is 1.91 bits per heavy atom. The number of carbonyl (C=O) groups is 1. The smallest absolute Gasteiger partial charge is 0.287 e. The quantitative estimate of drug-likeness (QED) is 0.424. The molecule has 4 heterocycles. The third kappa shape index (κ3) is 3.69. The van der Waals surface area contributed by atoms with Gasteiger partial charge in [-0.3, -0.25) is 19.7 Å². The van der Waals surface area contributed by atoms with E-state index in [4.69, 9.17) is 4.42 Å². The lowest BCUT2D eigenvalue weighted by molar-refractivity contribution is 0.0897. The first kappa shape index (κ1) is 20.7. The molecule has 1 unspecified atom stereocenters. The van der Waals surface area contributed by atoms with Crippen LogP contribution in [0.4, 0.5) is 0 Å². The van der Waals surface area contributed by atoms with Crippen molar-refractivity contribution in [2.75, 3.05) is 0 Å². The van der Waals surface area contributed by atoms with Crippen molar-refractivity contribution in [3.8, 4) is 11.4 Å². The molecule has 33 heavy (non-hydrogen) atoms. The Kier molecular flexibility index (Phi) is 5.05. The molecule has 0 spiro atoms. The van der Waals surface area contributed by atoms with Crippen LogP contribution in [0.2, 0.25) is 0 Å². The summed E-state index contributed by atoms with van der Waals surface area (Å²) in [5.74, 6) is -0.0893. The van der Waals surface area contributed by atoms with Gasteiger partial charge in [-0.1, -0.05) is 38.1 Å². The SMILES string of the molecule is Cc1c(C(=O)NC(c2cc(=O)n3[nH]c(-c4ccccn4)cc3n2)C(C)C)oc2ccccc12. The Hall–Kier alpha value is -4.20. The number of aromatic amines is 1. The van der Waals surface area contributed by atoms with Gasteiger partial charge in [0.1, 0.15) is 5.58 Å². The molecule has 0 saturated carbocycles. The molecule has 5 rings (SSSR count). The van der Waals surface area contributed by atoms with Crippen molar-refractivity contribution in [2.24, 2.45) is 5.92 Å². The van der Waals surface area contributed by atoms with Crippen molar-refractivity contribution < 1.29 is 9.21 Å². The molecule has 0 aliphatic carbocycles. The molecule has 0 radical (unpaired) electrons. The maximum Gasteiger partial charge on any atom is 0.287 e. The predicted molar refractivity (Wildman–Crippen MR) is 125 cm³/mol. The lowest BCUT2D eigenvalue weighted by atomic mass is 10.00. The van der Waals surface area contributed by atoms with Gasteiger partial charge in [-0.2, -0.15) is 0 Å². The van der Waals surface area contributed by atoms with Crippen molar-refractivity contribution in [1.82, 2.24) is 24.9 Å². The Balaban J connectivity index is 1.51. The van der Waals surface area contributed by atoms with Crippen LogP contribution in [-0.4, -0.2) is 25.5 Å². The number of hydrogen-bond acceptors (Lipinski definition) is 5. The molecule has 0 fully saturated rings. The average Bonchev–Trinajstić information content (AvgIpc) is 3.40. The highest BCUT2D eigenvalue weighted by molar-refractivity contribution is 5.99. The molecule has 0 bridgehead atoms. The minimum atomic E-state index is -0.476. The van der Waals surface area contributed by atoms with E-state index in [0.717, 1.165) is 10.9 Å². The van der Waals surface area contributed by atoms with Gasteiger partial charge in [-0.05, 0) is 31.0 Å². The van der Waals surface area contributed by atoms with E-state index in [9.17, 15) is 9.59 Å². The largest absolute Gasteiger partial charge is 0.451 e. The summed E-state index contributed by atoms with van der Waals surface area (Å²) in [6.45, 7) is 5.80. The summed E-state index contributed by atoms with van der Waals surface area (Å²) < 4.78 is 7.18. The molecule has 0 saturated heterocycles. The number of rotatable bonds is 5. The first-order chi connectivity index (χ1) is 15.9. The molecule has 166 valence electrons. The number of furan rings is 1. The summed E-state index contributed by atoms with van der Waals surface area (Å²) in [5, 5.41) is 6.96. The number of hydrogen-bond donors (Lipinski definition) is 2. The molecule has 1 amide bonds. The number of fused-ring (bicyclic) bond motifs is 2. The van der Waals surface area contributed by atoms with Gasteiger partial charge < -0.3 is 9.73 Å². The van der Waals surface area contributed by atoms with Gasteiger partial charge in [-0.15, -0.1) is 0 Å². The van der Waals surface area contributed by atoms with Gasteiger partial charge in [0, 0.05) is 29.3 Å². The molecular weight excluding hydrogens is 418 g/mol. The van der Waals surface area contributed by atoms with Crippen LogP contribution in [0.25, 0.3) is 28.0 Å². The van der Waals surface area contributed by atoms with Crippen LogP contribution in [-0.2, 0) is 0 Å². The third-order valence-electron chi connectivity index (χ3n) is 5.73. The van der Waals surface area contributed by atoms with E-state index in [1.54, 1.807) is 12.3 Å². The topological polar surface area (TPSA) is 105 Å². The molecule has 8 heteroatoms. The summed E-state index contributed by atoms with van der Waals surface area (Å²) >= 11 is 0. The number of aryl methyl sites for hydroxylation is 1. The summed E-state index contributed by atoms with van der Waals surface area (Å²) in [7, 11) is 0. The van der Waals surface area contributed by atoms with E-state index < -0.39 is 6.04 Å². The monoisotopic (exact) mass is 441 g/mol. The zero-order chi connectivity index (χ0) is 23.1. The van der Waals surface area contributed by atoms with E-state index >= 15 is 0 Å². The second-order valence-electron chi connectivity index (χ2n) is 8.35. The average molecular weight is 441 g/mol. The van der Waals surface area contributed by atoms with E-state index in [1.807, 2.05) is 63.2 Å². The van der Waals surface area contributed by atoms with Crippen molar-refractivity contribution in [2.45, 2.75) is 26.8 Å². The van der Waals surface area contributed by atoms with Crippen molar-refractivity contribution in [3.63, 3.8) is 0 Å². The van der Waals surface area contributed by atoms with Gasteiger partial charge in [0.25, 0.3) is 11.5 Å². The summed E-state index contributed by atoms with van der Waals surface area (Å²) in [6.07, 6.45) is 1.69. The number of benzene rings is 1. The second-order valence-corrected chi connectivity index (χ2v) is 8.35. The van der Waals surface area contributed by atoms with Crippen LogP contribution in [0.15, 0.2) is 70.0 Å². The van der Waals surface area contributed by atoms with Crippen LogP contribution in [0.3, 0.4) is 0 Å². The van der Waals surface area contributed by atoms with Gasteiger partial charge in [0.05, 0.1) is 23.1 Å². The van der Waals surface area contributed by atoms with E-state index in [2.05, 4.69) is 20.4 Å². The number of carbonyl (C=O) groups excluding carboxylic acids is 1. The third-order valence-corrected chi connectivity index (χ3v) is 5.73. The number of nitrogens with zero attached hydrogens (tertiary/aromatic N) is 3. The Bertz CT molecular complexity index is 1530. The molecule has 5 aromatic rings. The number of para-hydroxylation sites is 1. The zero-order valence-electron chi connectivity index (χ0n) is 18.5. The van der Waals surface area contributed by atoms with Gasteiger partial charge >= 0.3 is 0 Å². The van der Waals surface area contributed by atoms with Crippen LogP contribution < -0.4 is 10.9 Å². The molecule has 2 N–H and O–H groups in total. The minimum Gasteiger partial charge on any atom is -0.451 e. The molecular formula is C25H23N5O3. The molecule has 4 aromatic heterocycles. The number of amides is 1. The van der Waals surface area contributed by atoms with Gasteiger partial charge in [-0.25, -0.2) is 9.50 Å². The highest BCUT2D eigenvalue weighted by Gasteiger charge is 2.25. The van der Waals surface area contributed by atoms with E-state index in [1.165, 1.54) is 10.6 Å². The molecule has 1 aromatic carbocycles. The number of pyridine rings is 1. The molecule has 1 atom stereocenters. The lowest BCUT2D eigenvalue weighted by Gasteiger charge is -2.21. The first-order valence-corrected chi connectivity index (χ1v) is 10.8. The Labute approximate surface area is 189 Å². The van der Waals surface area contributed by atoms with E-state index in [-0.39, 0.29) is 23.1 Å². The highest BCUT2D eigenvalue weighted by atomic mass is 16.3. The van der Waals surface area contributed by atoms with Crippen LogP contribution in [0, 0.1) is 12.8 Å². The second kappa shape index (κ2) is 8.05. The maximum absolute atomic E-state index is 13.1. The zero-order valence-corrected chi connectivity index (χ0v) is 18.5. The van der Waals surface area contributed by atoms with Gasteiger partial charge in [0.15, 0.2) is 11.4 Å². The molecule has 8 nitrogen and oxygen atoms in total. The normalized spacial score (nSPS) is 12.5. The fraction of sp³-hybridized carbons (Fsp3) is 0.200. The minimum absolute atomic E-state index is 0.0119. The summed E-state index contributed by atoms with van der Waals surface area (Å²) in [6, 6.07) is 15.8. The van der Waals surface area contributed by atoms with Crippen LogP contribution in [0.5, 0.6) is 0 Å². The van der Waals surface area contributed by atoms with Crippen molar-refractivity contribution >= 4 is 22.5 Å². The van der Waals surface area contributed by atoms with Gasteiger partial charge in [0.2, 0.25) is 0 Å². The molecule has 0 aliphatic heterocycles. The lowest BCUT2D eigenvalue weighted by Crippen LogP contribution is -2.33. The maximum atomic E-state index is 13.1. The number of aromatic nitrogens is 4. The summed E-state index contributed by atoms with van der Waals surface area (Å²) in [5.41, 5.74) is 3.50. The Morgan fingerprint density at radius 3 is 2.64 bits per heavy atom. The van der Waals surface area contributed by atoms with Crippen LogP contribution in [0.1, 0.15) is 41.7 Å². The van der Waals surface area contributed by atoms with E-state index in [0.29, 0.717) is 28.3 Å². The number of H-pyrrole nitrogens is 1.